The van der Waals surface area contributed by atoms with Gasteiger partial charge in [-0.05, 0) is 29.3 Å². The van der Waals surface area contributed by atoms with Crippen molar-refractivity contribution in [2.45, 2.75) is 13.1 Å². The Bertz CT molecular complexity index is 1130. The number of carbonyl (C=O) groups excluding carboxylic acids is 1. The van der Waals surface area contributed by atoms with Crippen LogP contribution < -0.4 is 0 Å². The van der Waals surface area contributed by atoms with Gasteiger partial charge in [0, 0.05) is 13.6 Å². The lowest BCUT2D eigenvalue weighted by Crippen LogP contribution is -2.30. The van der Waals surface area contributed by atoms with Crippen LogP contribution in [0.2, 0.25) is 0 Å². The molecule has 0 N–H and O–H groups in total. The maximum Gasteiger partial charge on any atom is 0.242 e. The highest BCUT2D eigenvalue weighted by molar-refractivity contribution is 5.83. The summed E-state index contributed by atoms with van der Waals surface area (Å²) in [4.78, 5) is 19.4. The summed E-state index contributed by atoms with van der Waals surface area (Å²) in [6.45, 7) is 0.833. The van der Waals surface area contributed by atoms with Gasteiger partial charge in [0.15, 0.2) is 0 Å². The van der Waals surface area contributed by atoms with E-state index in [0.717, 1.165) is 28.0 Å². The molecule has 4 aromatic rings. The quantitative estimate of drug-likeness (QED) is 0.478. The molecule has 0 saturated carbocycles. The van der Waals surface area contributed by atoms with E-state index >= 15 is 0 Å². The van der Waals surface area contributed by atoms with Gasteiger partial charge in [-0.2, -0.15) is 0 Å². The van der Waals surface area contributed by atoms with E-state index in [1.165, 1.54) is 0 Å². The van der Waals surface area contributed by atoms with Crippen LogP contribution in [0.3, 0.4) is 0 Å². The van der Waals surface area contributed by atoms with Crippen LogP contribution in [0.15, 0.2) is 84.9 Å². The van der Waals surface area contributed by atoms with Crippen LogP contribution >= 0.6 is 0 Å². The van der Waals surface area contributed by atoms with Gasteiger partial charge in [0.2, 0.25) is 5.91 Å². The molecule has 0 saturated heterocycles. The Morgan fingerprint density at radius 1 is 0.897 bits per heavy atom. The molecule has 1 amide bonds. The zero-order chi connectivity index (χ0) is 20.1. The molecule has 0 aliphatic carbocycles. The third-order valence-electron chi connectivity index (χ3n) is 4.89. The minimum absolute atomic E-state index is 0.0476. The molecule has 4 rings (SSSR count). The van der Waals surface area contributed by atoms with Gasteiger partial charge in [-0.3, -0.25) is 4.79 Å². The number of nitrogens with zero attached hydrogens (tertiary/aromatic N) is 3. The second-order valence-corrected chi connectivity index (χ2v) is 7.02. The summed E-state index contributed by atoms with van der Waals surface area (Å²) in [5.41, 5.74) is 4.06. The van der Waals surface area contributed by atoms with E-state index in [-0.39, 0.29) is 12.5 Å². The number of amides is 1. The smallest absolute Gasteiger partial charge is 0.242 e. The largest absolute Gasteiger partial charge is 0.340 e. The van der Waals surface area contributed by atoms with Crippen molar-refractivity contribution in [3.8, 4) is 0 Å². The average molecular weight is 381 g/mol. The van der Waals surface area contributed by atoms with Crippen LogP contribution in [0.5, 0.6) is 0 Å². The number of aromatic nitrogens is 2. The highest BCUT2D eigenvalue weighted by atomic mass is 16.2. The van der Waals surface area contributed by atoms with Gasteiger partial charge in [0.25, 0.3) is 0 Å². The highest BCUT2D eigenvalue weighted by Gasteiger charge is 2.15. The fourth-order valence-corrected chi connectivity index (χ4v) is 3.32. The maximum absolute atomic E-state index is 12.9. The Kier molecular flexibility index (Phi) is 5.52. The number of likely N-dealkylation sites (N-methyl/N-ethyl adjacent to an activating group) is 1. The van der Waals surface area contributed by atoms with Crippen LogP contribution in [0.4, 0.5) is 0 Å². The molecule has 0 bridgehead atoms. The highest BCUT2D eigenvalue weighted by Crippen LogP contribution is 2.18. The van der Waals surface area contributed by atoms with Crippen molar-refractivity contribution in [3.63, 3.8) is 0 Å². The molecule has 0 radical (unpaired) electrons. The van der Waals surface area contributed by atoms with Crippen molar-refractivity contribution in [3.05, 3.63) is 102 Å². The van der Waals surface area contributed by atoms with Gasteiger partial charge >= 0.3 is 0 Å². The Labute approximate surface area is 170 Å². The number of para-hydroxylation sites is 2. The monoisotopic (exact) mass is 381 g/mol. The van der Waals surface area contributed by atoms with Crippen LogP contribution in [-0.4, -0.2) is 27.4 Å². The van der Waals surface area contributed by atoms with E-state index in [1.54, 1.807) is 4.90 Å². The van der Waals surface area contributed by atoms with E-state index in [2.05, 4.69) is 0 Å². The number of fused-ring (bicyclic) bond motifs is 1. The number of benzene rings is 3. The molecule has 1 heterocycles. The van der Waals surface area contributed by atoms with Gasteiger partial charge in [0.05, 0.1) is 11.0 Å². The average Bonchev–Trinajstić information content (AvgIpc) is 3.11. The number of hydrogen-bond acceptors (Lipinski definition) is 2. The zero-order valence-corrected chi connectivity index (χ0v) is 16.4. The van der Waals surface area contributed by atoms with E-state index in [9.17, 15) is 4.79 Å². The predicted molar refractivity (Wildman–Crippen MR) is 118 cm³/mol. The molecule has 0 aliphatic heterocycles. The normalized spacial score (nSPS) is 11.2. The first-order valence-electron chi connectivity index (χ1n) is 9.67. The molecule has 4 nitrogen and oxygen atoms in total. The van der Waals surface area contributed by atoms with E-state index < -0.39 is 0 Å². The fourth-order valence-electron chi connectivity index (χ4n) is 3.32. The summed E-state index contributed by atoms with van der Waals surface area (Å²) in [5, 5.41) is 0. The van der Waals surface area contributed by atoms with Crippen molar-refractivity contribution in [2.75, 3.05) is 7.05 Å². The number of rotatable bonds is 6. The summed E-state index contributed by atoms with van der Waals surface area (Å²) in [7, 11) is 1.84. The van der Waals surface area contributed by atoms with Gasteiger partial charge in [-0.25, -0.2) is 4.98 Å². The molecule has 144 valence electrons. The standard InChI is InChI=1S/C25H23N3O/c1-27(18-21-12-6-3-7-13-21)25(29)19-28-23-15-9-8-14-22(23)26-24(28)17-16-20-10-4-2-5-11-20/h2-17H,18-19H2,1H3/b17-16+. The van der Waals surface area contributed by atoms with Crippen LogP contribution in [0.25, 0.3) is 23.2 Å². The van der Waals surface area contributed by atoms with Gasteiger partial charge in [0.1, 0.15) is 12.4 Å². The van der Waals surface area contributed by atoms with Crippen molar-refractivity contribution in [1.29, 1.82) is 0 Å². The zero-order valence-electron chi connectivity index (χ0n) is 16.4. The number of hydrogen-bond donors (Lipinski definition) is 0. The van der Waals surface area contributed by atoms with Gasteiger partial charge in [-0.15, -0.1) is 0 Å². The van der Waals surface area contributed by atoms with Crippen molar-refractivity contribution < 1.29 is 4.79 Å². The topological polar surface area (TPSA) is 38.1 Å². The third kappa shape index (κ3) is 4.43. The van der Waals surface area contributed by atoms with Gasteiger partial charge in [-0.1, -0.05) is 78.9 Å². The lowest BCUT2D eigenvalue weighted by atomic mass is 10.2. The molecular weight excluding hydrogens is 358 g/mol. The minimum Gasteiger partial charge on any atom is -0.340 e. The molecule has 3 aromatic carbocycles. The molecule has 0 aliphatic rings. The van der Waals surface area contributed by atoms with E-state index in [1.807, 2.05) is 109 Å². The summed E-state index contributed by atoms with van der Waals surface area (Å²) >= 11 is 0. The van der Waals surface area contributed by atoms with Crippen molar-refractivity contribution in [2.24, 2.45) is 0 Å². The molecule has 0 fully saturated rings. The summed E-state index contributed by atoms with van der Waals surface area (Å²) in [6, 6.07) is 28.0. The Morgan fingerprint density at radius 2 is 1.55 bits per heavy atom. The van der Waals surface area contributed by atoms with Crippen molar-refractivity contribution >= 4 is 29.1 Å². The predicted octanol–water partition coefficient (Wildman–Crippen LogP) is 4.87. The first kappa shape index (κ1) is 18.7. The fraction of sp³-hybridized carbons (Fsp3) is 0.120. The maximum atomic E-state index is 12.9. The van der Waals surface area contributed by atoms with Crippen LogP contribution in [-0.2, 0) is 17.9 Å². The minimum atomic E-state index is 0.0476. The van der Waals surface area contributed by atoms with Crippen molar-refractivity contribution in [1.82, 2.24) is 14.5 Å². The molecule has 29 heavy (non-hydrogen) atoms. The lowest BCUT2D eigenvalue weighted by molar-refractivity contribution is -0.131. The summed E-state index contributed by atoms with van der Waals surface area (Å²) in [6.07, 6.45) is 4.00. The Hall–Kier alpha value is -3.66. The van der Waals surface area contributed by atoms with Gasteiger partial charge < -0.3 is 9.47 Å². The first-order chi connectivity index (χ1) is 14.2. The third-order valence-corrected chi connectivity index (χ3v) is 4.89. The Balaban J connectivity index is 1.60. The molecule has 0 spiro atoms. The molecule has 4 heteroatoms. The molecular formula is C25H23N3O. The molecule has 0 unspecified atom stereocenters. The summed E-state index contributed by atoms with van der Waals surface area (Å²) < 4.78 is 1.98. The second-order valence-electron chi connectivity index (χ2n) is 7.02. The first-order valence-corrected chi connectivity index (χ1v) is 9.67. The lowest BCUT2D eigenvalue weighted by Gasteiger charge is -2.18. The van der Waals surface area contributed by atoms with E-state index in [4.69, 9.17) is 4.98 Å². The number of imidazole rings is 1. The van der Waals surface area contributed by atoms with Crippen LogP contribution in [0, 0.1) is 0 Å². The SMILES string of the molecule is CN(Cc1ccccc1)C(=O)Cn1c(/C=C/c2ccccc2)nc2ccccc21. The molecule has 0 atom stereocenters. The summed E-state index contributed by atoms with van der Waals surface area (Å²) in [5.74, 6) is 0.822. The molecule has 1 aromatic heterocycles. The number of carbonyl (C=O) groups is 1. The van der Waals surface area contributed by atoms with E-state index in [0.29, 0.717) is 6.54 Å². The van der Waals surface area contributed by atoms with Crippen LogP contribution in [0.1, 0.15) is 17.0 Å². The second kappa shape index (κ2) is 8.57. The Morgan fingerprint density at radius 3 is 2.31 bits per heavy atom.